The van der Waals surface area contributed by atoms with Gasteiger partial charge in [-0.25, -0.2) is 4.79 Å². The molecule has 0 aromatic carbocycles. The van der Waals surface area contributed by atoms with Crippen LogP contribution in [0.4, 0.5) is 0 Å². The minimum Gasteiger partial charge on any atom is -0.233 e. The van der Waals surface area contributed by atoms with Crippen molar-refractivity contribution >= 4 is 5.94 Å². The van der Waals surface area contributed by atoms with Gasteiger partial charge < -0.3 is 0 Å². The van der Waals surface area contributed by atoms with Gasteiger partial charge >= 0.3 is 0 Å². The number of allylic oxidation sites excluding steroid dienone is 3. The fourth-order valence-corrected chi connectivity index (χ4v) is 0.729. The minimum atomic E-state index is 0.760. The van der Waals surface area contributed by atoms with Crippen molar-refractivity contribution in [1.29, 1.82) is 0 Å². The summed E-state index contributed by atoms with van der Waals surface area (Å²) in [5.41, 5.74) is 0.760. The molecule has 0 atom stereocenters. The van der Waals surface area contributed by atoms with Crippen LogP contribution in [-0.4, -0.2) is 5.94 Å². The van der Waals surface area contributed by atoms with E-state index in [9.17, 15) is 4.79 Å². The summed E-state index contributed by atoms with van der Waals surface area (Å²) in [6, 6.07) is 0. The molecule has 0 aromatic rings. The van der Waals surface area contributed by atoms with E-state index in [0.717, 1.165) is 24.8 Å². The molecule has 0 fully saturated rings. The molecule has 0 unspecified atom stereocenters. The van der Waals surface area contributed by atoms with Crippen molar-refractivity contribution in [2.24, 2.45) is 0 Å². The van der Waals surface area contributed by atoms with E-state index in [1.54, 1.807) is 6.08 Å². The van der Waals surface area contributed by atoms with Crippen LogP contribution in [-0.2, 0) is 4.79 Å². The normalized spacial score (nSPS) is 18.2. The van der Waals surface area contributed by atoms with Gasteiger partial charge in [0.05, 0.1) is 0 Å². The zero-order chi connectivity index (χ0) is 5.82. The molecule has 41 valence electrons. The summed E-state index contributed by atoms with van der Waals surface area (Å²) in [5.74, 6) is 1.85. The molecule has 1 aliphatic carbocycles. The van der Waals surface area contributed by atoms with E-state index < -0.39 is 0 Å². The highest BCUT2D eigenvalue weighted by atomic mass is 16.1. The number of rotatable bonds is 0. The maximum absolute atomic E-state index is 9.93. The lowest BCUT2D eigenvalue weighted by Crippen LogP contribution is -1.86. The molecule has 0 heterocycles. The van der Waals surface area contributed by atoms with Crippen LogP contribution in [0.3, 0.4) is 0 Å². The molecule has 0 bridgehead atoms. The lowest BCUT2D eigenvalue weighted by atomic mass is 10.0. The van der Waals surface area contributed by atoms with Gasteiger partial charge in [-0.2, -0.15) is 0 Å². The highest BCUT2D eigenvalue weighted by Crippen LogP contribution is 2.11. The standard InChI is InChI=1S/C7H7O/c8-6-7-4-2-1-3-5-7/h5H,1-2,4H2. The second kappa shape index (κ2) is 2.49. The Bertz CT molecular complexity index is 150. The Morgan fingerprint density at radius 3 is 3.00 bits per heavy atom. The fourth-order valence-electron chi connectivity index (χ4n) is 0.729. The monoisotopic (exact) mass is 107 g/mol. The first-order valence-corrected chi connectivity index (χ1v) is 2.74. The molecule has 0 spiro atoms. The molecule has 0 N–H and O–H groups in total. The van der Waals surface area contributed by atoms with E-state index in [0.29, 0.717) is 0 Å². The Balaban J connectivity index is 2.70. The Morgan fingerprint density at radius 2 is 2.62 bits per heavy atom. The molecule has 1 heteroatoms. The Hall–Kier alpha value is -0.810. The first kappa shape index (κ1) is 5.33. The Labute approximate surface area is 48.7 Å². The van der Waals surface area contributed by atoms with Crippen molar-refractivity contribution in [3.05, 3.63) is 17.7 Å². The van der Waals surface area contributed by atoms with Gasteiger partial charge in [-0.3, -0.25) is 0 Å². The third-order valence-corrected chi connectivity index (χ3v) is 1.17. The molecule has 0 amide bonds. The van der Waals surface area contributed by atoms with Crippen LogP contribution in [0.5, 0.6) is 0 Å². The number of hydrogen-bond donors (Lipinski definition) is 0. The molecular formula is C7H7O. The minimum absolute atomic E-state index is 0.760. The average molecular weight is 107 g/mol. The largest absolute Gasteiger partial charge is 0.233 e. The second-order valence-corrected chi connectivity index (χ2v) is 1.83. The van der Waals surface area contributed by atoms with E-state index in [2.05, 4.69) is 6.08 Å². The summed E-state index contributed by atoms with van der Waals surface area (Å²) in [5, 5.41) is 0. The molecular weight excluding hydrogens is 100 g/mol. The Morgan fingerprint density at radius 1 is 1.75 bits per heavy atom. The fraction of sp³-hybridized carbons (Fsp3) is 0.429. The van der Waals surface area contributed by atoms with Gasteiger partial charge in [-0.15, -0.1) is 0 Å². The molecule has 1 rings (SSSR count). The van der Waals surface area contributed by atoms with Gasteiger partial charge in [-0.1, -0.05) is 0 Å². The van der Waals surface area contributed by atoms with Gasteiger partial charge in [-0.05, 0) is 31.4 Å². The van der Waals surface area contributed by atoms with Gasteiger partial charge in [0, 0.05) is 5.57 Å². The molecule has 0 saturated carbocycles. The summed E-state index contributed by atoms with van der Waals surface area (Å²) in [6.07, 6.45) is 7.63. The van der Waals surface area contributed by atoms with Crippen LogP contribution in [0.1, 0.15) is 19.3 Å². The maximum Gasteiger partial charge on any atom is 0.127 e. The molecule has 8 heavy (non-hydrogen) atoms. The summed E-state index contributed by atoms with van der Waals surface area (Å²) in [4.78, 5) is 9.93. The molecule has 0 aromatic heterocycles. The lowest BCUT2D eigenvalue weighted by molar-refractivity contribution is 0.566. The maximum atomic E-state index is 9.93. The van der Waals surface area contributed by atoms with Crippen molar-refractivity contribution in [3.63, 3.8) is 0 Å². The van der Waals surface area contributed by atoms with Crippen molar-refractivity contribution < 1.29 is 4.79 Å². The Kier molecular flexibility index (Phi) is 1.66. The van der Waals surface area contributed by atoms with Crippen LogP contribution in [0.25, 0.3) is 0 Å². The van der Waals surface area contributed by atoms with E-state index in [1.807, 2.05) is 5.94 Å². The lowest BCUT2D eigenvalue weighted by Gasteiger charge is -1.99. The highest BCUT2D eigenvalue weighted by Gasteiger charge is 1.97. The summed E-state index contributed by atoms with van der Waals surface area (Å²) >= 11 is 0. The van der Waals surface area contributed by atoms with E-state index in [1.165, 1.54) is 0 Å². The van der Waals surface area contributed by atoms with E-state index >= 15 is 0 Å². The number of hydrogen-bond acceptors (Lipinski definition) is 1. The molecule has 0 aliphatic heterocycles. The molecule has 1 nitrogen and oxygen atoms in total. The number of carbonyl (C=O) groups excluding carboxylic acids is 1. The summed E-state index contributed by atoms with van der Waals surface area (Å²) in [7, 11) is 0. The quantitative estimate of drug-likeness (QED) is 0.426. The summed E-state index contributed by atoms with van der Waals surface area (Å²) < 4.78 is 0. The van der Waals surface area contributed by atoms with Crippen LogP contribution in [0, 0.1) is 6.08 Å². The van der Waals surface area contributed by atoms with Crippen LogP contribution >= 0.6 is 0 Å². The smallest absolute Gasteiger partial charge is 0.127 e. The van der Waals surface area contributed by atoms with Crippen molar-refractivity contribution in [2.75, 3.05) is 0 Å². The van der Waals surface area contributed by atoms with Crippen molar-refractivity contribution in [2.45, 2.75) is 19.3 Å². The van der Waals surface area contributed by atoms with Crippen LogP contribution < -0.4 is 0 Å². The molecule has 1 radical (unpaired) electrons. The second-order valence-electron chi connectivity index (χ2n) is 1.83. The zero-order valence-corrected chi connectivity index (χ0v) is 4.61. The third-order valence-electron chi connectivity index (χ3n) is 1.17. The van der Waals surface area contributed by atoms with Gasteiger partial charge in [0.15, 0.2) is 0 Å². The first-order chi connectivity index (χ1) is 3.93. The third kappa shape index (κ3) is 1.08. The van der Waals surface area contributed by atoms with Crippen molar-refractivity contribution in [3.8, 4) is 0 Å². The summed E-state index contributed by atoms with van der Waals surface area (Å²) in [6.45, 7) is 0. The van der Waals surface area contributed by atoms with Crippen LogP contribution in [0.15, 0.2) is 11.6 Å². The predicted octanol–water partition coefficient (Wildman–Crippen LogP) is 1.29. The highest BCUT2D eigenvalue weighted by molar-refractivity contribution is 5.57. The average Bonchev–Trinajstić information content (AvgIpc) is 1.90. The van der Waals surface area contributed by atoms with Gasteiger partial charge in [0.1, 0.15) is 5.94 Å². The molecule has 1 aliphatic rings. The first-order valence-electron chi connectivity index (χ1n) is 2.74. The predicted molar refractivity (Wildman–Crippen MR) is 30.9 cm³/mol. The topological polar surface area (TPSA) is 17.1 Å². The van der Waals surface area contributed by atoms with Gasteiger partial charge in [0.2, 0.25) is 0 Å². The van der Waals surface area contributed by atoms with Crippen molar-refractivity contribution in [1.82, 2.24) is 0 Å². The SMILES string of the molecule is O=C=C1C=[C]CCC1. The van der Waals surface area contributed by atoms with Gasteiger partial charge in [0.25, 0.3) is 0 Å². The zero-order valence-electron chi connectivity index (χ0n) is 4.61. The van der Waals surface area contributed by atoms with E-state index in [4.69, 9.17) is 0 Å². The van der Waals surface area contributed by atoms with Crippen LogP contribution in [0.2, 0.25) is 0 Å². The van der Waals surface area contributed by atoms with E-state index in [-0.39, 0.29) is 0 Å². The molecule has 0 saturated heterocycles.